The van der Waals surface area contributed by atoms with Gasteiger partial charge in [-0.15, -0.1) is 11.8 Å². The fourth-order valence-electron chi connectivity index (χ4n) is 2.38. The van der Waals surface area contributed by atoms with Crippen molar-refractivity contribution in [3.63, 3.8) is 0 Å². The fourth-order valence-corrected chi connectivity index (χ4v) is 3.58. The zero-order chi connectivity index (χ0) is 20.5. The number of hydrogen-bond donors (Lipinski definition) is 1. The van der Waals surface area contributed by atoms with Crippen molar-refractivity contribution in [3.05, 3.63) is 94.0 Å². The molecule has 0 aliphatic carbocycles. The highest BCUT2D eigenvalue weighted by Gasteiger charge is 2.07. The molecule has 1 N–H and O–H groups in total. The first-order chi connectivity index (χ1) is 14.1. The first kappa shape index (κ1) is 21.2. The number of halogens is 2. The number of hydrazone groups is 1. The Balaban J connectivity index is 1.51. The van der Waals surface area contributed by atoms with Crippen molar-refractivity contribution >= 4 is 47.1 Å². The molecule has 29 heavy (non-hydrogen) atoms. The number of nitrogens with one attached hydrogen (secondary N) is 1. The summed E-state index contributed by atoms with van der Waals surface area (Å²) >= 11 is 13.6. The van der Waals surface area contributed by atoms with Crippen molar-refractivity contribution < 1.29 is 9.53 Å². The molecule has 3 aromatic rings. The first-order valence-electron chi connectivity index (χ1n) is 8.77. The molecule has 1 amide bonds. The standard InChI is InChI=1S/C22H18Cl2N2O2S/c23-18-9-11-19(12-10-18)29-15-17-6-2-4-8-21(17)28-14-22(27)26-25-13-16-5-1-3-7-20(16)24/h1-13H,14-15H2,(H,26,27). The number of benzene rings is 3. The van der Waals surface area contributed by atoms with Gasteiger partial charge < -0.3 is 4.74 Å². The van der Waals surface area contributed by atoms with Gasteiger partial charge in [-0.25, -0.2) is 5.43 Å². The van der Waals surface area contributed by atoms with Crippen molar-refractivity contribution in [2.45, 2.75) is 10.6 Å². The van der Waals surface area contributed by atoms with Crippen LogP contribution in [0.3, 0.4) is 0 Å². The summed E-state index contributed by atoms with van der Waals surface area (Å²) in [6.45, 7) is -0.136. The summed E-state index contributed by atoms with van der Waals surface area (Å²) in [7, 11) is 0. The van der Waals surface area contributed by atoms with Crippen LogP contribution in [0.4, 0.5) is 0 Å². The molecule has 0 bridgehead atoms. The van der Waals surface area contributed by atoms with Crippen molar-refractivity contribution in [1.29, 1.82) is 0 Å². The molecule has 0 aromatic heterocycles. The van der Waals surface area contributed by atoms with E-state index in [-0.39, 0.29) is 12.5 Å². The highest BCUT2D eigenvalue weighted by molar-refractivity contribution is 7.98. The Hall–Kier alpha value is -2.47. The van der Waals surface area contributed by atoms with E-state index < -0.39 is 0 Å². The molecule has 4 nitrogen and oxygen atoms in total. The van der Waals surface area contributed by atoms with Gasteiger partial charge in [-0.3, -0.25) is 4.79 Å². The maximum atomic E-state index is 12.0. The van der Waals surface area contributed by atoms with Crippen LogP contribution in [0.1, 0.15) is 11.1 Å². The number of carbonyl (C=O) groups is 1. The van der Waals surface area contributed by atoms with E-state index in [2.05, 4.69) is 10.5 Å². The third-order valence-corrected chi connectivity index (χ3v) is 5.49. The van der Waals surface area contributed by atoms with E-state index in [1.165, 1.54) is 6.21 Å². The van der Waals surface area contributed by atoms with Crippen LogP contribution in [0.2, 0.25) is 10.0 Å². The SMILES string of the molecule is O=C(COc1ccccc1CSc1ccc(Cl)cc1)NN=Cc1ccccc1Cl. The highest BCUT2D eigenvalue weighted by Crippen LogP contribution is 2.28. The second-order valence-electron chi connectivity index (χ2n) is 5.95. The van der Waals surface area contributed by atoms with E-state index >= 15 is 0 Å². The molecule has 0 atom stereocenters. The van der Waals surface area contributed by atoms with Crippen molar-refractivity contribution in [1.82, 2.24) is 5.43 Å². The number of thioether (sulfide) groups is 1. The Morgan fingerprint density at radius 1 is 1.00 bits per heavy atom. The zero-order valence-corrected chi connectivity index (χ0v) is 17.7. The van der Waals surface area contributed by atoms with Crippen LogP contribution in [0.25, 0.3) is 0 Å². The van der Waals surface area contributed by atoms with Crippen LogP contribution >= 0.6 is 35.0 Å². The topological polar surface area (TPSA) is 50.7 Å². The van der Waals surface area contributed by atoms with Gasteiger partial charge in [0.05, 0.1) is 6.21 Å². The van der Waals surface area contributed by atoms with Crippen LogP contribution in [0, 0.1) is 0 Å². The second kappa shape index (κ2) is 10.9. The quantitative estimate of drug-likeness (QED) is 0.270. The van der Waals surface area contributed by atoms with Gasteiger partial charge in [0, 0.05) is 31.8 Å². The van der Waals surface area contributed by atoms with Crippen LogP contribution in [-0.2, 0) is 10.5 Å². The number of hydrogen-bond acceptors (Lipinski definition) is 4. The number of ether oxygens (including phenoxy) is 1. The normalized spacial score (nSPS) is 10.8. The van der Waals surface area contributed by atoms with Gasteiger partial charge in [-0.05, 0) is 36.4 Å². The molecule has 0 unspecified atom stereocenters. The van der Waals surface area contributed by atoms with Crippen LogP contribution in [-0.4, -0.2) is 18.7 Å². The van der Waals surface area contributed by atoms with Gasteiger partial charge in [0.15, 0.2) is 6.61 Å². The lowest BCUT2D eigenvalue weighted by atomic mass is 10.2. The van der Waals surface area contributed by atoms with E-state index in [4.69, 9.17) is 27.9 Å². The minimum atomic E-state index is -0.353. The number of nitrogens with zero attached hydrogens (tertiary/aromatic N) is 1. The molecule has 0 aliphatic rings. The Bertz CT molecular complexity index is 994. The van der Waals surface area contributed by atoms with Gasteiger partial charge in [0.25, 0.3) is 5.91 Å². The van der Waals surface area contributed by atoms with Gasteiger partial charge >= 0.3 is 0 Å². The molecule has 0 spiro atoms. The third-order valence-electron chi connectivity index (χ3n) is 3.84. The van der Waals surface area contributed by atoms with Crippen LogP contribution < -0.4 is 10.2 Å². The van der Waals surface area contributed by atoms with E-state index in [1.807, 2.05) is 66.7 Å². The van der Waals surface area contributed by atoms with Gasteiger partial charge in [0.2, 0.25) is 0 Å². The molecule has 0 fully saturated rings. The maximum absolute atomic E-state index is 12.0. The maximum Gasteiger partial charge on any atom is 0.277 e. The molecular weight excluding hydrogens is 427 g/mol. The second-order valence-corrected chi connectivity index (χ2v) is 7.85. The lowest BCUT2D eigenvalue weighted by Gasteiger charge is -2.10. The Morgan fingerprint density at radius 3 is 2.52 bits per heavy atom. The van der Waals surface area contributed by atoms with E-state index in [1.54, 1.807) is 17.8 Å². The number of para-hydroxylation sites is 1. The van der Waals surface area contributed by atoms with Gasteiger partial charge in [-0.2, -0.15) is 5.10 Å². The number of rotatable bonds is 8. The van der Waals surface area contributed by atoms with Crippen molar-refractivity contribution in [2.75, 3.05) is 6.61 Å². The molecular formula is C22H18Cl2N2O2S. The summed E-state index contributed by atoms with van der Waals surface area (Å²) < 4.78 is 5.69. The summed E-state index contributed by atoms with van der Waals surface area (Å²) in [5.41, 5.74) is 4.16. The van der Waals surface area contributed by atoms with Crippen molar-refractivity contribution in [2.24, 2.45) is 5.10 Å². The summed E-state index contributed by atoms with van der Waals surface area (Å²) in [4.78, 5) is 13.1. The summed E-state index contributed by atoms with van der Waals surface area (Å²) in [5.74, 6) is 1.03. The van der Waals surface area contributed by atoms with Gasteiger partial charge in [0.1, 0.15) is 5.75 Å². The van der Waals surface area contributed by atoms with Gasteiger partial charge in [-0.1, -0.05) is 59.6 Å². The summed E-state index contributed by atoms with van der Waals surface area (Å²) in [6, 6.07) is 22.5. The first-order valence-corrected chi connectivity index (χ1v) is 10.5. The third kappa shape index (κ3) is 6.82. The van der Waals surface area contributed by atoms with E-state index in [9.17, 15) is 4.79 Å². The number of carbonyl (C=O) groups excluding carboxylic acids is 1. The average molecular weight is 445 g/mol. The smallest absolute Gasteiger partial charge is 0.277 e. The molecule has 0 aliphatic heterocycles. The van der Waals surface area contributed by atoms with Crippen LogP contribution in [0.15, 0.2) is 82.8 Å². The predicted molar refractivity (Wildman–Crippen MR) is 120 cm³/mol. The number of amides is 1. The van der Waals surface area contributed by atoms with E-state index in [0.29, 0.717) is 21.5 Å². The molecule has 0 saturated heterocycles. The minimum Gasteiger partial charge on any atom is -0.483 e. The predicted octanol–water partition coefficient (Wildman–Crippen LogP) is 5.81. The molecule has 0 radical (unpaired) electrons. The fraction of sp³-hybridized carbons (Fsp3) is 0.0909. The molecule has 3 rings (SSSR count). The van der Waals surface area contributed by atoms with Crippen molar-refractivity contribution in [3.8, 4) is 5.75 Å². The summed E-state index contributed by atoms with van der Waals surface area (Å²) in [6.07, 6.45) is 1.50. The largest absolute Gasteiger partial charge is 0.483 e. The average Bonchev–Trinajstić information content (AvgIpc) is 2.74. The zero-order valence-electron chi connectivity index (χ0n) is 15.3. The summed E-state index contributed by atoms with van der Waals surface area (Å²) in [5, 5.41) is 5.19. The Morgan fingerprint density at radius 2 is 1.72 bits per heavy atom. The molecule has 0 saturated carbocycles. The molecule has 7 heteroatoms. The minimum absolute atomic E-state index is 0.136. The molecule has 3 aromatic carbocycles. The molecule has 0 heterocycles. The lowest BCUT2D eigenvalue weighted by Crippen LogP contribution is -2.24. The van der Waals surface area contributed by atoms with E-state index in [0.717, 1.165) is 16.0 Å². The lowest BCUT2D eigenvalue weighted by molar-refractivity contribution is -0.123. The Kier molecular flexibility index (Phi) is 7.99. The Labute approximate surface area is 183 Å². The molecule has 148 valence electrons. The van der Waals surface area contributed by atoms with Crippen LogP contribution in [0.5, 0.6) is 5.75 Å². The highest BCUT2D eigenvalue weighted by atomic mass is 35.5. The monoisotopic (exact) mass is 444 g/mol.